The van der Waals surface area contributed by atoms with Gasteiger partial charge in [0.25, 0.3) is 0 Å². The second-order valence-corrected chi connectivity index (χ2v) is 2.98. The van der Waals surface area contributed by atoms with Crippen molar-refractivity contribution in [1.82, 2.24) is 0 Å². The van der Waals surface area contributed by atoms with Gasteiger partial charge in [-0.3, -0.25) is 4.79 Å². The van der Waals surface area contributed by atoms with Crippen molar-refractivity contribution in [1.29, 1.82) is 0 Å². The Labute approximate surface area is 54.9 Å². The molecule has 1 aliphatic rings. The third-order valence-electron chi connectivity index (χ3n) is 2.45. The number of hydrogen-bond donors (Lipinski definition) is 1. The summed E-state index contributed by atoms with van der Waals surface area (Å²) in [5.41, 5.74) is 0. The Morgan fingerprint density at radius 2 is 1.89 bits per heavy atom. The van der Waals surface area contributed by atoms with E-state index in [9.17, 15) is 4.79 Å². The minimum Gasteiger partial charge on any atom is -0.481 e. The molecule has 2 unspecified atom stereocenters. The van der Waals surface area contributed by atoms with Crippen LogP contribution in [0.5, 0.6) is 0 Å². The van der Waals surface area contributed by atoms with E-state index >= 15 is 0 Å². The fourth-order valence-corrected chi connectivity index (χ4v) is 1.34. The summed E-state index contributed by atoms with van der Waals surface area (Å²) in [6.45, 7) is 4.22. The molecule has 0 radical (unpaired) electrons. The van der Waals surface area contributed by atoms with Gasteiger partial charge in [-0.25, -0.2) is 0 Å². The summed E-state index contributed by atoms with van der Waals surface area (Å²) < 4.78 is 0. The Morgan fingerprint density at radius 1 is 1.44 bits per heavy atom. The smallest absolute Gasteiger partial charge is 0.303 e. The average molecular weight is 128 g/mol. The van der Waals surface area contributed by atoms with Gasteiger partial charge >= 0.3 is 5.97 Å². The van der Waals surface area contributed by atoms with Crippen molar-refractivity contribution < 1.29 is 9.90 Å². The molecule has 9 heavy (non-hydrogen) atoms. The van der Waals surface area contributed by atoms with E-state index in [0.29, 0.717) is 24.2 Å². The standard InChI is InChI=1S/C7H12O2/c1-4-5(2)6(4)3-7(8)9/h4-6H,3H2,1-2H3,(H,8,9). The molecule has 0 heterocycles. The summed E-state index contributed by atoms with van der Waals surface area (Å²) in [6.07, 6.45) is 0.363. The number of carbonyl (C=O) groups is 1. The lowest BCUT2D eigenvalue weighted by Crippen LogP contribution is -1.96. The van der Waals surface area contributed by atoms with Crippen LogP contribution in [-0.2, 0) is 4.79 Å². The van der Waals surface area contributed by atoms with Gasteiger partial charge in [0.05, 0.1) is 0 Å². The van der Waals surface area contributed by atoms with Gasteiger partial charge in [-0.1, -0.05) is 13.8 Å². The quantitative estimate of drug-likeness (QED) is 0.609. The fraction of sp³-hybridized carbons (Fsp3) is 0.857. The minimum absolute atomic E-state index is 0.363. The summed E-state index contributed by atoms with van der Waals surface area (Å²) in [4.78, 5) is 10.1. The lowest BCUT2D eigenvalue weighted by molar-refractivity contribution is -0.137. The Balaban J connectivity index is 2.25. The Kier molecular flexibility index (Phi) is 1.47. The van der Waals surface area contributed by atoms with Gasteiger partial charge in [0.1, 0.15) is 0 Å². The molecule has 0 saturated heterocycles. The highest BCUT2D eigenvalue weighted by molar-refractivity contribution is 5.67. The van der Waals surface area contributed by atoms with Crippen LogP contribution < -0.4 is 0 Å². The van der Waals surface area contributed by atoms with Crippen LogP contribution >= 0.6 is 0 Å². The molecule has 0 aromatic heterocycles. The van der Waals surface area contributed by atoms with Crippen molar-refractivity contribution in [3.63, 3.8) is 0 Å². The van der Waals surface area contributed by atoms with E-state index in [1.54, 1.807) is 0 Å². The second-order valence-electron chi connectivity index (χ2n) is 2.98. The molecule has 1 rings (SSSR count). The van der Waals surface area contributed by atoms with Gasteiger partial charge in [-0.2, -0.15) is 0 Å². The Hall–Kier alpha value is -0.530. The number of carboxylic acid groups (broad SMARTS) is 1. The van der Waals surface area contributed by atoms with Crippen LogP contribution in [0.2, 0.25) is 0 Å². The van der Waals surface area contributed by atoms with Crippen LogP contribution in [-0.4, -0.2) is 11.1 Å². The first-order valence-corrected chi connectivity index (χ1v) is 3.34. The lowest BCUT2D eigenvalue weighted by atomic mass is 10.2. The molecule has 52 valence electrons. The normalized spacial score (nSPS) is 40.4. The van der Waals surface area contributed by atoms with Crippen LogP contribution in [0.15, 0.2) is 0 Å². The zero-order valence-corrected chi connectivity index (χ0v) is 5.79. The van der Waals surface area contributed by atoms with E-state index in [4.69, 9.17) is 5.11 Å². The number of hydrogen-bond acceptors (Lipinski definition) is 1. The van der Waals surface area contributed by atoms with Crippen LogP contribution in [0.25, 0.3) is 0 Å². The van der Waals surface area contributed by atoms with Gasteiger partial charge in [-0.15, -0.1) is 0 Å². The molecule has 0 aromatic rings. The molecule has 2 atom stereocenters. The molecule has 1 aliphatic carbocycles. The molecule has 2 nitrogen and oxygen atoms in total. The van der Waals surface area contributed by atoms with Crippen molar-refractivity contribution >= 4 is 5.97 Å². The monoisotopic (exact) mass is 128 g/mol. The Bertz CT molecular complexity index is 123. The molecular formula is C7H12O2. The maximum absolute atomic E-state index is 10.1. The zero-order chi connectivity index (χ0) is 7.02. The highest BCUT2D eigenvalue weighted by Crippen LogP contribution is 2.47. The molecular weight excluding hydrogens is 116 g/mol. The van der Waals surface area contributed by atoms with E-state index < -0.39 is 5.97 Å². The van der Waals surface area contributed by atoms with Crippen LogP contribution in [0.3, 0.4) is 0 Å². The summed E-state index contributed by atoms with van der Waals surface area (Å²) >= 11 is 0. The second kappa shape index (κ2) is 2.01. The minimum atomic E-state index is -0.656. The predicted octanol–water partition coefficient (Wildman–Crippen LogP) is 1.36. The van der Waals surface area contributed by atoms with Crippen LogP contribution in [0.4, 0.5) is 0 Å². The van der Waals surface area contributed by atoms with E-state index in [1.165, 1.54) is 0 Å². The van der Waals surface area contributed by atoms with E-state index in [1.807, 2.05) is 0 Å². The predicted molar refractivity (Wildman–Crippen MR) is 34.1 cm³/mol. The zero-order valence-electron chi connectivity index (χ0n) is 5.79. The van der Waals surface area contributed by atoms with E-state index in [2.05, 4.69) is 13.8 Å². The van der Waals surface area contributed by atoms with E-state index in [0.717, 1.165) is 0 Å². The first-order chi connectivity index (χ1) is 4.13. The summed E-state index contributed by atoms with van der Waals surface area (Å²) in [7, 11) is 0. The van der Waals surface area contributed by atoms with Gasteiger partial charge in [0.15, 0.2) is 0 Å². The largest absolute Gasteiger partial charge is 0.481 e. The third-order valence-corrected chi connectivity index (χ3v) is 2.45. The van der Waals surface area contributed by atoms with Crippen molar-refractivity contribution in [3.8, 4) is 0 Å². The maximum atomic E-state index is 10.1. The lowest BCUT2D eigenvalue weighted by Gasteiger charge is -1.87. The number of aliphatic carboxylic acids is 1. The molecule has 0 bridgehead atoms. The summed E-state index contributed by atoms with van der Waals surface area (Å²) in [6, 6.07) is 0. The van der Waals surface area contributed by atoms with Crippen molar-refractivity contribution in [2.75, 3.05) is 0 Å². The molecule has 0 spiro atoms. The fourth-order valence-electron chi connectivity index (χ4n) is 1.34. The van der Waals surface area contributed by atoms with Gasteiger partial charge in [-0.05, 0) is 17.8 Å². The summed E-state index contributed by atoms with van der Waals surface area (Å²) in [5, 5.41) is 8.36. The van der Waals surface area contributed by atoms with E-state index in [-0.39, 0.29) is 0 Å². The Morgan fingerprint density at radius 3 is 2.00 bits per heavy atom. The van der Waals surface area contributed by atoms with Crippen molar-refractivity contribution in [3.05, 3.63) is 0 Å². The molecule has 0 aromatic carbocycles. The highest BCUT2D eigenvalue weighted by atomic mass is 16.4. The van der Waals surface area contributed by atoms with Crippen molar-refractivity contribution in [2.24, 2.45) is 17.8 Å². The molecule has 2 heteroatoms. The number of carboxylic acids is 1. The van der Waals surface area contributed by atoms with Crippen molar-refractivity contribution in [2.45, 2.75) is 20.3 Å². The molecule has 1 fully saturated rings. The molecule has 0 amide bonds. The molecule has 1 N–H and O–H groups in total. The third kappa shape index (κ3) is 1.23. The first-order valence-electron chi connectivity index (χ1n) is 3.34. The maximum Gasteiger partial charge on any atom is 0.303 e. The average Bonchev–Trinajstić information content (AvgIpc) is 2.22. The SMILES string of the molecule is CC1C(C)C1CC(=O)O. The molecule has 1 saturated carbocycles. The van der Waals surface area contributed by atoms with Crippen LogP contribution in [0.1, 0.15) is 20.3 Å². The highest BCUT2D eigenvalue weighted by Gasteiger charge is 2.43. The first kappa shape index (κ1) is 6.59. The van der Waals surface area contributed by atoms with Gasteiger partial charge in [0.2, 0.25) is 0 Å². The number of rotatable bonds is 2. The topological polar surface area (TPSA) is 37.3 Å². The van der Waals surface area contributed by atoms with Gasteiger partial charge < -0.3 is 5.11 Å². The van der Waals surface area contributed by atoms with Gasteiger partial charge in [0, 0.05) is 6.42 Å². The van der Waals surface area contributed by atoms with Crippen LogP contribution in [0, 0.1) is 17.8 Å². The summed E-state index contributed by atoms with van der Waals surface area (Å²) in [5.74, 6) is 1.08. The molecule has 0 aliphatic heterocycles.